The molecule has 0 radical (unpaired) electrons. The number of nitrogens with zero attached hydrogens (tertiary/aromatic N) is 2. The maximum atomic E-state index is 13.2. The molecule has 0 amide bonds. The Morgan fingerprint density at radius 3 is 2.95 bits per heavy atom. The highest BCUT2D eigenvalue weighted by Gasteiger charge is 2.20. The van der Waals surface area contributed by atoms with Crippen LogP contribution in [-0.4, -0.2) is 36.6 Å². The minimum Gasteiger partial charge on any atom is -0.342 e. The molecule has 2 N–H and O–H groups in total. The van der Waals surface area contributed by atoms with E-state index in [0.29, 0.717) is 0 Å². The van der Waals surface area contributed by atoms with Crippen molar-refractivity contribution in [3.8, 4) is 0 Å². The van der Waals surface area contributed by atoms with Gasteiger partial charge in [-0.15, -0.1) is 0 Å². The van der Waals surface area contributed by atoms with E-state index >= 15 is 0 Å². The number of benzene rings is 1. The van der Waals surface area contributed by atoms with Gasteiger partial charge >= 0.3 is 0 Å². The molecule has 1 aliphatic heterocycles. The molecule has 0 spiro atoms. The first-order chi connectivity index (χ1) is 9.26. The normalized spacial score (nSPS) is 17.3. The van der Waals surface area contributed by atoms with Gasteiger partial charge in [-0.3, -0.25) is 0 Å². The van der Waals surface area contributed by atoms with Crippen molar-refractivity contribution in [3.63, 3.8) is 0 Å². The Balaban J connectivity index is 1.74. The molecule has 19 heavy (non-hydrogen) atoms. The molecule has 2 heterocycles. The molecule has 1 saturated heterocycles. The minimum absolute atomic E-state index is 0.226. The van der Waals surface area contributed by atoms with Crippen molar-refractivity contribution < 1.29 is 4.39 Å². The highest BCUT2D eigenvalue weighted by molar-refractivity contribution is 5.77. The molecule has 1 aliphatic rings. The van der Waals surface area contributed by atoms with E-state index in [4.69, 9.17) is 0 Å². The second kappa shape index (κ2) is 5.17. The maximum Gasteiger partial charge on any atom is 0.203 e. The van der Waals surface area contributed by atoms with Crippen molar-refractivity contribution in [2.24, 2.45) is 5.92 Å². The van der Waals surface area contributed by atoms with Crippen LogP contribution in [0.1, 0.15) is 12.8 Å². The van der Waals surface area contributed by atoms with E-state index in [2.05, 4.69) is 20.2 Å². The Hall–Kier alpha value is -1.62. The number of anilines is 1. The van der Waals surface area contributed by atoms with Gasteiger partial charge in [0.05, 0.1) is 11.0 Å². The number of piperidine rings is 1. The lowest BCUT2D eigenvalue weighted by Crippen LogP contribution is -2.37. The molecule has 0 bridgehead atoms. The lowest BCUT2D eigenvalue weighted by molar-refractivity contribution is 0.391. The molecule has 0 saturated carbocycles. The molecule has 1 aromatic carbocycles. The molecule has 4 nitrogen and oxygen atoms in total. The van der Waals surface area contributed by atoms with Crippen LogP contribution in [0.4, 0.5) is 10.3 Å². The summed E-state index contributed by atoms with van der Waals surface area (Å²) in [6, 6.07) is 4.67. The molecule has 1 fully saturated rings. The number of H-pyrrole nitrogens is 1. The predicted octanol–water partition coefficient (Wildman–Crippen LogP) is 2.14. The molecular formula is C14H19FN4. The monoisotopic (exact) mass is 262 g/mol. The smallest absolute Gasteiger partial charge is 0.203 e. The van der Waals surface area contributed by atoms with Crippen molar-refractivity contribution in [1.82, 2.24) is 15.3 Å². The molecule has 5 heteroatoms. The number of hydrogen-bond donors (Lipinski definition) is 2. The summed E-state index contributed by atoms with van der Waals surface area (Å²) in [6.07, 6.45) is 2.35. The van der Waals surface area contributed by atoms with Gasteiger partial charge in [-0.2, -0.15) is 0 Å². The topological polar surface area (TPSA) is 44.0 Å². The fraction of sp³-hybridized carbons (Fsp3) is 0.500. The fourth-order valence-corrected chi connectivity index (χ4v) is 2.76. The van der Waals surface area contributed by atoms with E-state index in [9.17, 15) is 4.39 Å². The van der Waals surface area contributed by atoms with E-state index in [0.717, 1.165) is 42.5 Å². The highest BCUT2D eigenvalue weighted by atomic mass is 19.1. The van der Waals surface area contributed by atoms with Crippen molar-refractivity contribution in [3.05, 3.63) is 24.0 Å². The van der Waals surface area contributed by atoms with Crippen LogP contribution in [0.2, 0.25) is 0 Å². The SMILES string of the molecule is CNCC1CCN(c2nc3ccc(F)cc3[nH]2)CC1. The van der Waals surface area contributed by atoms with E-state index in [1.165, 1.54) is 25.0 Å². The van der Waals surface area contributed by atoms with Gasteiger partial charge in [-0.1, -0.05) is 0 Å². The van der Waals surface area contributed by atoms with Gasteiger partial charge in [0.15, 0.2) is 0 Å². The first-order valence-electron chi connectivity index (χ1n) is 6.81. The Morgan fingerprint density at radius 1 is 1.42 bits per heavy atom. The highest BCUT2D eigenvalue weighted by Crippen LogP contribution is 2.23. The zero-order valence-corrected chi connectivity index (χ0v) is 11.1. The molecule has 2 aromatic rings. The molecule has 1 aromatic heterocycles. The van der Waals surface area contributed by atoms with Gasteiger partial charge in [0.25, 0.3) is 0 Å². The summed E-state index contributed by atoms with van der Waals surface area (Å²) in [6.45, 7) is 3.10. The van der Waals surface area contributed by atoms with E-state index < -0.39 is 0 Å². The number of halogens is 1. The van der Waals surface area contributed by atoms with Crippen molar-refractivity contribution in [2.45, 2.75) is 12.8 Å². The third kappa shape index (κ3) is 2.56. The van der Waals surface area contributed by atoms with E-state index in [-0.39, 0.29) is 5.82 Å². The third-order valence-electron chi connectivity index (χ3n) is 3.84. The van der Waals surface area contributed by atoms with Crippen LogP contribution in [-0.2, 0) is 0 Å². The van der Waals surface area contributed by atoms with Crippen molar-refractivity contribution >= 4 is 17.0 Å². The summed E-state index contributed by atoms with van der Waals surface area (Å²) in [4.78, 5) is 10.0. The molecule has 102 valence electrons. The summed E-state index contributed by atoms with van der Waals surface area (Å²) in [7, 11) is 2.00. The first kappa shape index (κ1) is 12.4. The Kier molecular flexibility index (Phi) is 3.38. The predicted molar refractivity (Wildman–Crippen MR) is 74.9 cm³/mol. The summed E-state index contributed by atoms with van der Waals surface area (Å²) in [5.41, 5.74) is 1.60. The van der Waals surface area contributed by atoms with Gasteiger partial charge in [0, 0.05) is 13.1 Å². The fourth-order valence-electron chi connectivity index (χ4n) is 2.76. The number of nitrogens with one attached hydrogen (secondary N) is 2. The van der Waals surface area contributed by atoms with Gasteiger partial charge in [-0.25, -0.2) is 9.37 Å². The summed E-state index contributed by atoms with van der Waals surface area (Å²) in [5.74, 6) is 1.39. The van der Waals surface area contributed by atoms with Crippen LogP contribution in [0.15, 0.2) is 18.2 Å². The van der Waals surface area contributed by atoms with Crippen LogP contribution in [0, 0.1) is 11.7 Å². The van der Waals surface area contributed by atoms with Crippen LogP contribution in [0.3, 0.4) is 0 Å². The minimum atomic E-state index is -0.226. The summed E-state index contributed by atoms with van der Waals surface area (Å²) < 4.78 is 13.2. The summed E-state index contributed by atoms with van der Waals surface area (Å²) >= 11 is 0. The quantitative estimate of drug-likeness (QED) is 0.890. The van der Waals surface area contributed by atoms with Gasteiger partial charge in [0.1, 0.15) is 5.82 Å². The Bertz CT molecular complexity index is 558. The number of aromatic nitrogens is 2. The third-order valence-corrected chi connectivity index (χ3v) is 3.84. The van der Waals surface area contributed by atoms with Crippen molar-refractivity contribution in [1.29, 1.82) is 0 Å². The van der Waals surface area contributed by atoms with Crippen LogP contribution in [0.25, 0.3) is 11.0 Å². The summed E-state index contributed by atoms with van der Waals surface area (Å²) in [5, 5.41) is 3.24. The number of aromatic amines is 1. The molecular weight excluding hydrogens is 243 g/mol. The number of hydrogen-bond acceptors (Lipinski definition) is 3. The average Bonchev–Trinajstić information content (AvgIpc) is 2.83. The zero-order chi connectivity index (χ0) is 13.2. The number of imidazole rings is 1. The molecule has 0 unspecified atom stereocenters. The van der Waals surface area contributed by atoms with Gasteiger partial charge in [-0.05, 0) is 50.6 Å². The average molecular weight is 262 g/mol. The van der Waals surface area contributed by atoms with Gasteiger partial charge < -0.3 is 15.2 Å². The second-order valence-electron chi connectivity index (χ2n) is 5.21. The molecule has 3 rings (SSSR count). The zero-order valence-electron chi connectivity index (χ0n) is 11.1. The molecule has 0 aliphatic carbocycles. The standard InChI is InChI=1S/C14H19FN4/c1-16-9-10-4-6-19(7-5-10)14-17-12-3-2-11(15)8-13(12)18-14/h2-3,8,10,16H,4-7,9H2,1H3,(H,17,18). The maximum absolute atomic E-state index is 13.2. The van der Waals surface area contributed by atoms with Gasteiger partial charge in [0.2, 0.25) is 5.95 Å². The van der Waals surface area contributed by atoms with Crippen LogP contribution >= 0.6 is 0 Å². The van der Waals surface area contributed by atoms with Crippen molar-refractivity contribution in [2.75, 3.05) is 31.6 Å². The van der Waals surface area contributed by atoms with Crippen LogP contribution < -0.4 is 10.2 Å². The second-order valence-corrected chi connectivity index (χ2v) is 5.21. The number of rotatable bonds is 3. The first-order valence-corrected chi connectivity index (χ1v) is 6.81. The lowest BCUT2D eigenvalue weighted by Gasteiger charge is -2.31. The van der Waals surface area contributed by atoms with Crippen LogP contribution in [0.5, 0.6) is 0 Å². The largest absolute Gasteiger partial charge is 0.342 e. The lowest BCUT2D eigenvalue weighted by atomic mass is 9.97. The van der Waals surface area contributed by atoms with E-state index in [1.54, 1.807) is 6.07 Å². The Morgan fingerprint density at radius 2 is 2.21 bits per heavy atom. The number of fused-ring (bicyclic) bond motifs is 1. The Labute approximate surface area is 112 Å². The van der Waals surface area contributed by atoms with E-state index in [1.807, 2.05) is 7.05 Å². The molecule has 0 atom stereocenters.